The zero-order valence-corrected chi connectivity index (χ0v) is 8.30. The summed E-state index contributed by atoms with van der Waals surface area (Å²) in [5, 5.41) is 2.85. The summed E-state index contributed by atoms with van der Waals surface area (Å²) in [5.41, 5.74) is 0. The molecule has 2 heterocycles. The molecule has 0 aliphatic carbocycles. The lowest BCUT2D eigenvalue weighted by molar-refractivity contribution is -0.0737. The molecule has 1 unspecified atom stereocenters. The highest BCUT2D eigenvalue weighted by molar-refractivity contribution is 4.93. The Labute approximate surface area is 82.4 Å². The van der Waals surface area contributed by atoms with Crippen molar-refractivity contribution in [3.05, 3.63) is 0 Å². The van der Waals surface area contributed by atoms with Gasteiger partial charge in [-0.3, -0.25) is 4.90 Å². The quantitative estimate of drug-likeness (QED) is 0.719. The molecule has 0 radical (unpaired) electrons. The van der Waals surface area contributed by atoms with Crippen molar-refractivity contribution in [2.24, 2.45) is 0 Å². The van der Waals surface area contributed by atoms with E-state index >= 15 is 0 Å². The normalized spacial score (nSPS) is 32.1. The summed E-state index contributed by atoms with van der Waals surface area (Å²) in [7, 11) is 1.88. The molecule has 5 heteroatoms. The summed E-state index contributed by atoms with van der Waals surface area (Å²) in [6.45, 7) is 2.18. The maximum atomic E-state index is 13.2. The maximum Gasteiger partial charge on any atom is 0.265 e. The Morgan fingerprint density at radius 3 is 2.64 bits per heavy atom. The second kappa shape index (κ2) is 3.72. The van der Waals surface area contributed by atoms with Crippen LogP contribution in [0.25, 0.3) is 0 Å². The van der Waals surface area contributed by atoms with Gasteiger partial charge in [0.15, 0.2) is 0 Å². The molecular formula is C9H16F2N2O. The number of alkyl halides is 2. The average Bonchev–Trinajstić information content (AvgIpc) is 2.27. The largest absolute Gasteiger partial charge is 0.378 e. The van der Waals surface area contributed by atoms with Crippen LogP contribution >= 0.6 is 0 Å². The fraction of sp³-hybridized carbons (Fsp3) is 1.00. The van der Waals surface area contributed by atoms with E-state index in [1.165, 1.54) is 0 Å². The Morgan fingerprint density at radius 1 is 1.50 bits per heavy atom. The monoisotopic (exact) mass is 206 g/mol. The van der Waals surface area contributed by atoms with Gasteiger partial charge in [0.1, 0.15) is 0 Å². The molecule has 0 aromatic carbocycles. The van der Waals surface area contributed by atoms with E-state index in [9.17, 15) is 8.78 Å². The lowest BCUT2D eigenvalue weighted by Crippen LogP contribution is -2.53. The summed E-state index contributed by atoms with van der Waals surface area (Å²) in [6.07, 6.45) is -0.0350. The minimum absolute atomic E-state index is 0.0350. The van der Waals surface area contributed by atoms with Gasteiger partial charge in [-0.1, -0.05) is 0 Å². The number of rotatable bonds is 3. The standard InChI is InChI=1S/C9H16F2N2O/c1-13(7-5-14-6-7)4-8-9(10,11)2-3-12-8/h7-8,12H,2-6H2,1H3. The predicted molar refractivity (Wildman–Crippen MR) is 48.6 cm³/mol. The smallest absolute Gasteiger partial charge is 0.265 e. The fourth-order valence-electron chi connectivity index (χ4n) is 1.85. The van der Waals surface area contributed by atoms with Gasteiger partial charge in [-0.25, -0.2) is 8.78 Å². The van der Waals surface area contributed by atoms with Gasteiger partial charge in [0.2, 0.25) is 0 Å². The van der Waals surface area contributed by atoms with Crippen LogP contribution in [0, 0.1) is 0 Å². The first kappa shape index (κ1) is 10.3. The van der Waals surface area contributed by atoms with Gasteiger partial charge in [0.05, 0.1) is 25.3 Å². The molecule has 0 amide bonds. The first-order valence-corrected chi connectivity index (χ1v) is 4.99. The van der Waals surface area contributed by atoms with Crippen LogP contribution in [0.2, 0.25) is 0 Å². The Kier molecular flexibility index (Phi) is 2.72. The van der Waals surface area contributed by atoms with E-state index in [-0.39, 0.29) is 6.42 Å². The summed E-state index contributed by atoms with van der Waals surface area (Å²) in [4.78, 5) is 1.96. The summed E-state index contributed by atoms with van der Waals surface area (Å²) < 4.78 is 31.5. The van der Waals surface area contributed by atoms with Crippen LogP contribution < -0.4 is 5.32 Å². The Balaban J connectivity index is 1.83. The molecule has 0 bridgehead atoms. The number of ether oxygens (including phenoxy) is 1. The van der Waals surface area contributed by atoms with Crippen molar-refractivity contribution in [2.75, 3.05) is 33.4 Å². The van der Waals surface area contributed by atoms with E-state index in [4.69, 9.17) is 4.74 Å². The molecule has 2 saturated heterocycles. The molecule has 14 heavy (non-hydrogen) atoms. The lowest BCUT2D eigenvalue weighted by Gasteiger charge is -2.36. The van der Waals surface area contributed by atoms with Crippen LogP contribution in [-0.4, -0.2) is 56.3 Å². The molecule has 0 aromatic rings. The number of nitrogens with zero attached hydrogens (tertiary/aromatic N) is 1. The molecule has 2 fully saturated rings. The zero-order valence-electron chi connectivity index (χ0n) is 8.30. The number of nitrogens with one attached hydrogen (secondary N) is 1. The van der Waals surface area contributed by atoms with Crippen LogP contribution in [-0.2, 0) is 4.74 Å². The number of likely N-dealkylation sites (N-methyl/N-ethyl adjacent to an activating group) is 1. The maximum absolute atomic E-state index is 13.2. The first-order chi connectivity index (χ1) is 6.59. The fourth-order valence-corrected chi connectivity index (χ4v) is 1.85. The highest BCUT2D eigenvalue weighted by Crippen LogP contribution is 2.28. The highest BCUT2D eigenvalue weighted by Gasteiger charge is 2.44. The van der Waals surface area contributed by atoms with E-state index in [0.717, 1.165) is 0 Å². The molecule has 0 spiro atoms. The Hall–Kier alpha value is -0.260. The topological polar surface area (TPSA) is 24.5 Å². The van der Waals surface area contributed by atoms with Gasteiger partial charge in [-0.15, -0.1) is 0 Å². The van der Waals surface area contributed by atoms with Gasteiger partial charge in [0, 0.05) is 19.5 Å². The molecule has 3 nitrogen and oxygen atoms in total. The third-order valence-corrected chi connectivity index (χ3v) is 3.07. The van der Waals surface area contributed by atoms with Crippen LogP contribution in [0.4, 0.5) is 8.78 Å². The second-order valence-electron chi connectivity index (χ2n) is 4.15. The van der Waals surface area contributed by atoms with Crippen LogP contribution in [0.1, 0.15) is 6.42 Å². The predicted octanol–water partition coefficient (Wildman–Crippen LogP) is 0.314. The Morgan fingerprint density at radius 2 is 2.21 bits per heavy atom. The molecule has 1 N–H and O–H groups in total. The van der Waals surface area contributed by atoms with Crippen molar-refractivity contribution in [2.45, 2.75) is 24.4 Å². The molecule has 82 valence electrons. The van der Waals surface area contributed by atoms with E-state index < -0.39 is 12.0 Å². The first-order valence-electron chi connectivity index (χ1n) is 4.99. The third-order valence-electron chi connectivity index (χ3n) is 3.07. The van der Waals surface area contributed by atoms with Crippen molar-refractivity contribution < 1.29 is 13.5 Å². The van der Waals surface area contributed by atoms with E-state index in [1.54, 1.807) is 0 Å². The summed E-state index contributed by atoms with van der Waals surface area (Å²) in [5.74, 6) is -2.54. The highest BCUT2D eigenvalue weighted by atomic mass is 19.3. The second-order valence-corrected chi connectivity index (χ2v) is 4.15. The summed E-state index contributed by atoms with van der Waals surface area (Å²) in [6, 6.07) is -0.360. The molecule has 2 rings (SSSR count). The molecule has 0 aromatic heterocycles. The zero-order chi connectivity index (χ0) is 10.2. The van der Waals surface area contributed by atoms with E-state index in [2.05, 4.69) is 5.32 Å². The van der Waals surface area contributed by atoms with Crippen molar-refractivity contribution in [3.63, 3.8) is 0 Å². The van der Waals surface area contributed by atoms with Gasteiger partial charge in [-0.05, 0) is 7.05 Å². The van der Waals surface area contributed by atoms with Gasteiger partial charge >= 0.3 is 0 Å². The van der Waals surface area contributed by atoms with Gasteiger partial charge in [-0.2, -0.15) is 0 Å². The summed E-state index contributed by atoms with van der Waals surface area (Å²) >= 11 is 0. The lowest BCUT2D eigenvalue weighted by atomic mass is 10.1. The number of halogens is 2. The van der Waals surface area contributed by atoms with Crippen molar-refractivity contribution in [3.8, 4) is 0 Å². The van der Waals surface area contributed by atoms with Crippen LogP contribution in [0.15, 0.2) is 0 Å². The van der Waals surface area contributed by atoms with Gasteiger partial charge < -0.3 is 10.1 Å². The van der Waals surface area contributed by atoms with E-state index in [0.29, 0.717) is 32.3 Å². The molecule has 2 aliphatic heterocycles. The van der Waals surface area contributed by atoms with Crippen LogP contribution in [0.3, 0.4) is 0 Å². The molecule has 0 saturated carbocycles. The average molecular weight is 206 g/mol. The molecule has 2 aliphatic rings. The molecular weight excluding hydrogens is 190 g/mol. The van der Waals surface area contributed by atoms with E-state index in [1.807, 2.05) is 11.9 Å². The SMILES string of the molecule is CN(CC1NCCC1(F)F)C1COC1. The third kappa shape index (κ3) is 1.89. The van der Waals surface area contributed by atoms with Crippen molar-refractivity contribution >= 4 is 0 Å². The number of hydrogen-bond acceptors (Lipinski definition) is 3. The molecule has 1 atom stereocenters. The van der Waals surface area contributed by atoms with Crippen LogP contribution in [0.5, 0.6) is 0 Å². The minimum Gasteiger partial charge on any atom is -0.378 e. The Bertz CT molecular complexity index is 209. The minimum atomic E-state index is -2.54. The van der Waals surface area contributed by atoms with Crippen molar-refractivity contribution in [1.29, 1.82) is 0 Å². The van der Waals surface area contributed by atoms with Crippen molar-refractivity contribution in [1.82, 2.24) is 10.2 Å². The van der Waals surface area contributed by atoms with Gasteiger partial charge in [0.25, 0.3) is 5.92 Å². The number of hydrogen-bond donors (Lipinski definition) is 1.